The lowest BCUT2D eigenvalue weighted by Crippen LogP contribution is -2.24. The number of aliphatic hydroxyl groups excluding tert-OH is 1. The van der Waals surface area contributed by atoms with Gasteiger partial charge in [-0.3, -0.25) is 0 Å². The molecule has 0 amide bonds. The molecular weight excluding hydrogens is 174 g/mol. The van der Waals surface area contributed by atoms with E-state index in [0.29, 0.717) is 11.3 Å². The highest BCUT2D eigenvalue weighted by molar-refractivity contribution is 5.03. The minimum Gasteiger partial charge on any atom is -0.394 e. The summed E-state index contributed by atoms with van der Waals surface area (Å²) in [7, 11) is 0. The molecule has 0 aromatic rings. The van der Waals surface area contributed by atoms with Gasteiger partial charge in [0.2, 0.25) is 0 Å². The Morgan fingerprint density at radius 1 is 1.36 bits per heavy atom. The van der Waals surface area contributed by atoms with Gasteiger partial charge in [-0.25, -0.2) is 0 Å². The van der Waals surface area contributed by atoms with Gasteiger partial charge < -0.3 is 10.8 Å². The maximum Gasteiger partial charge on any atom is 0.0618 e. The van der Waals surface area contributed by atoms with E-state index in [1.54, 1.807) is 0 Å². The second kappa shape index (κ2) is 4.45. The first-order valence-electron chi connectivity index (χ1n) is 5.50. The van der Waals surface area contributed by atoms with Crippen LogP contribution in [0.2, 0.25) is 0 Å². The molecule has 3 N–H and O–H groups in total. The van der Waals surface area contributed by atoms with Gasteiger partial charge >= 0.3 is 0 Å². The predicted molar refractivity (Wildman–Crippen MR) is 59.9 cm³/mol. The Hall–Kier alpha value is -0.340. The third-order valence-electron chi connectivity index (χ3n) is 2.91. The van der Waals surface area contributed by atoms with Crippen LogP contribution in [0.25, 0.3) is 0 Å². The summed E-state index contributed by atoms with van der Waals surface area (Å²) in [5.74, 6) is 1.46. The Labute approximate surface area is 87.2 Å². The van der Waals surface area contributed by atoms with Crippen LogP contribution in [0.4, 0.5) is 0 Å². The van der Waals surface area contributed by atoms with Gasteiger partial charge in [0.1, 0.15) is 0 Å². The van der Waals surface area contributed by atoms with Crippen molar-refractivity contribution >= 4 is 0 Å². The summed E-state index contributed by atoms with van der Waals surface area (Å²) in [4.78, 5) is 0. The zero-order valence-corrected chi connectivity index (χ0v) is 9.53. The minimum atomic E-state index is -0.196. The fourth-order valence-corrected chi connectivity index (χ4v) is 1.93. The van der Waals surface area contributed by atoms with E-state index in [1.807, 2.05) is 6.08 Å². The van der Waals surface area contributed by atoms with Gasteiger partial charge in [-0.15, -0.1) is 0 Å². The number of hydrogen-bond donors (Lipinski definition) is 2. The highest BCUT2D eigenvalue weighted by Crippen LogP contribution is 2.46. The van der Waals surface area contributed by atoms with Gasteiger partial charge in [-0.1, -0.05) is 32.9 Å². The molecule has 0 aliphatic heterocycles. The van der Waals surface area contributed by atoms with E-state index in [2.05, 4.69) is 26.8 Å². The molecule has 2 unspecified atom stereocenters. The second-order valence-corrected chi connectivity index (χ2v) is 5.46. The summed E-state index contributed by atoms with van der Waals surface area (Å²) in [5, 5.41) is 8.83. The van der Waals surface area contributed by atoms with Crippen LogP contribution in [0.3, 0.4) is 0 Å². The molecule has 0 saturated heterocycles. The van der Waals surface area contributed by atoms with E-state index in [0.717, 1.165) is 5.92 Å². The van der Waals surface area contributed by atoms with Gasteiger partial charge in [0.25, 0.3) is 0 Å². The van der Waals surface area contributed by atoms with Crippen molar-refractivity contribution in [1.82, 2.24) is 0 Å². The lowest BCUT2D eigenvalue weighted by atomic mass is 9.77. The van der Waals surface area contributed by atoms with Crippen molar-refractivity contribution in [2.75, 3.05) is 6.61 Å². The van der Waals surface area contributed by atoms with Crippen molar-refractivity contribution in [2.45, 2.75) is 39.7 Å². The van der Waals surface area contributed by atoms with Crippen LogP contribution < -0.4 is 5.73 Å². The van der Waals surface area contributed by atoms with Crippen LogP contribution in [0.15, 0.2) is 12.2 Å². The predicted octanol–water partition coefficient (Wildman–Crippen LogP) is 1.93. The van der Waals surface area contributed by atoms with Gasteiger partial charge in [-0.05, 0) is 30.1 Å². The molecule has 1 rings (SSSR count). The highest BCUT2D eigenvalue weighted by atomic mass is 16.3. The molecule has 0 heterocycles. The van der Waals surface area contributed by atoms with E-state index < -0.39 is 0 Å². The Morgan fingerprint density at radius 2 is 1.93 bits per heavy atom. The van der Waals surface area contributed by atoms with Gasteiger partial charge in [0.05, 0.1) is 6.61 Å². The smallest absolute Gasteiger partial charge is 0.0618 e. The molecule has 0 bridgehead atoms. The summed E-state index contributed by atoms with van der Waals surface area (Å²) in [5.41, 5.74) is 5.96. The first-order chi connectivity index (χ1) is 6.45. The Bertz CT molecular complexity index is 201. The molecule has 1 fully saturated rings. The lowest BCUT2D eigenvalue weighted by molar-refractivity contribution is 0.259. The van der Waals surface area contributed by atoms with E-state index >= 15 is 0 Å². The Kier molecular flexibility index (Phi) is 3.73. The van der Waals surface area contributed by atoms with Crippen LogP contribution >= 0.6 is 0 Å². The molecule has 2 heteroatoms. The molecule has 2 nitrogen and oxygen atoms in total. The van der Waals surface area contributed by atoms with E-state index in [4.69, 9.17) is 10.8 Å². The molecule has 82 valence electrons. The Morgan fingerprint density at radius 3 is 2.29 bits per heavy atom. The topological polar surface area (TPSA) is 46.2 Å². The zero-order valence-electron chi connectivity index (χ0n) is 9.53. The number of rotatable bonds is 4. The first-order valence-corrected chi connectivity index (χ1v) is 5.50. The molecule has 2 atom stereocenters. The molecule has 1 aliphatic carbocycles. The van der Waals surface area contributed by atoms with Gasteiger partial charge in [0, 0.05) is 6.04 Å². The van der Waals surface area contributed by atoms with Crippen molar-refractivity contribution in [1.29, 1.82) is 0 Å². The highest BCUT2D eigenvalue weighted by Gasteiger charge is 2.36. The monoisotopic (exact) mass is 197 g/mol. The first kappa shape index (κ1) is 11.7. The summed E-state index contributed by atoms with van der Waals surface area (Å²) in [6.45, 7) is 6.85. The quantitative estimate of drug-likeness (QED) is 0.676. The Balaban J connectivity index is 2.56. The third kappa shape index (κ3) is 3.43. The summed E-state index contributed by atoms with van der Waals surface area (Å²) < 4.78 is 0. The average molecular weight is 197 g/mol. The van der Waals surface area contributed by atoms with Crippen LogP contribution in [0, 0.1) is 17.3 Å². The summed E-state index contributed by atoms with van der Waals surface area (Å²) >= 11 is 0. The maximum atomic E-state index is 8.83. The molecule has 0 radical (unpaired) electrons. The van der Waals surface area contributed by atoms with Crippen molar-refractivity contribution < 1.29 is 5.11 Å². The normalized spacial score (nSPS) is 22.6. The minimum absolute atomic E-state index is 0.0397. The number of allylic oxidation sites excluding steroid dienone is 1. The van der Waals surface area contributed by atoms with Crippen LogP contribution in [-0.2, 0) is 0 Å². The molecule has 0 aromatic heterocycles. The lowest BCUT2D eigenvalue weighted by Gasteiger charge is -2.28. The SMILES string of the molecule is CC(C)(C)C(/C=C/C(N)CO)C1CC1. The van der Waals surface area contributed by atoms with E-state index in [9.17, 15) is 0 Å². The van der Waals surface area contributed by atoms with Gasteiger partial charge in [-0.2, -0.15) is 0 Å². The van der Waals surface area contributed by atoms with Crippen molar-refractivity contribution in [3.8, 4) is 0 Å². The molecule has 0 aromatic carbocycles. The van der Waals surface area contributed by atoms with Crippen LogP contribution in [0.1, 0.15) is 33.6 Å². The van der Waals surface area contributed by atoms with Gasteiger partial charge in [0.15, 0.2) is 0 Å². The fraction of sp³-hybridized carbons (Fsp3) is 0.833. The van der Waals surface area contributed by atoms with E-state index in [-0.39, 0.29) is 12.6 Å². The molecule has 1 saturated carbocycles. The maximum absolute atomic E-state index is 8.83. The molecule has 0 spiro atoms. The summed E-state index contributed by atoms with van der Waals surface area (Å²) in [6, 6.07) is -0.196. The standard InChI is InChI=1S/C12H23NO/c1-12(2,3)11(9-4-5-9)7-6-10(13)8-14/h6-7,9-11,14H,4-5,8,13H2,1-3H3/b7-6+. The van der Waals surface area contributed by atoms with Crippen molar-refractivity contribution in [3.63, 3.8) is 0 Å². The number of hydrogen-bond acceptors (Lipinski definition) is 2. The number of aliphatic hydroxyl groups is 1. The molecule has 14 heavy (non-hydrogen) atoms. The second-order valence-electron chi connectivity index (χ2n) is 5.46. The molecular formula is C12H23NO. The zero-order chi connectivity index (χ0) is 10.8. The van der Waals surface area contributed by atoms with Crippen molar-refractivity contribution in [3.05, 3.63) is 12.2 Å². The number of nitrogens with two attached hydrogens (primary N) is 1. The average Bonchev–Trinajstić information content (AvgIpc) is 2.85. The van der Waals surface area contributed by atoms with Crippen LogP contribution in [-0.4, -0.2) is 17.8 Å². The third-order valence-corrected chi connectivity index (χ3v) is 2.91. The van der Waals surface area contributed by atoms with Crippen LogP contribution in [0.5, 0.6) is 0 Å². The largest absolute Gasteiger partial charge is 0.394 e. The summed E-state index contributed by atoms with van der Waals surface area (Å²) in [6.07, 6.45) is 6.86. The fourth-order valence-electron chi connectivity index (χ4n) is 1.93. The molecule has 1 aliphatic rings. The van der Waals surface area contributed by atoms with Crippen molar-refractivity contribution in [2.24, 2.45) is 23.0 Å². The van der Waals surface area contributed by atoms with E-state index in [1.165, 1.54) is 12.8 Å².